The summed E-state index contributed by atoms with van der Waals surface area (Å²) in [5, 5.41) is 3.09. The van der Waals surface area contributed by atoms with Crippen molar-refractivity contribution in [1.29, 1.82) is 0 Å². The first kappa shape index (κ1) is 17.4. The fraction of sp³-hybridized carbons (Fsp3) is 0.400. The highest BCUT2D eigenvalue weighted by Crippen LogP contribution is 2.12. The molecule has 2 aromatic rings. The van der Waals surface area contributed by atoms with Crippen LogP contribution >= 0.6 is 0 Å². The minimum atomic E-state index is -0.0516. The predicted molar refractivity (Wildman–Crippen MR) is 98.0 cm³/mol. The van der Waals surface area contributed by atoms with Crippen LogP contribution in [0, 0.1) is 6.92 Å². The maximum atomic E-state index is 12.0. The molecule has 1 saturated heterocycles. The van der Waals surface area contributed by atoms with E-state index in [2.05, 4.69) is 27.3 Å². The highest BCUT2D eigenvalue weighted by atomic mass is 16.3. The second-order valence-electron chi connectivity index (χ2n) is 6.51. The smallest absolute Gasteiger partial charge is 0.244 e. The zero-order valence-corrected chi connectivity index (χ0v) is 14.6. The molecule has 0 aliphatic carbocycles. The second kappa shape index (κ2) is 8.62. The van der Waals surface area contributed by atoms with E-state index in [1.807, 2.05) is 31.5 Å². The van der Waals surface area contributed by atoms with Crippen molar-refractivity contribution in [2.75, 3.05) is 19.6 Å². The monoisotopic (exact) mass is 339 g/mol. The molecular weight excluding hydrogens is 314 g/mol. The third-order valence-electron chi connectivity index (χ3n) is 4.56. The summed E-state index contributed by atoms with van der Waals surface area (Å²) < 4.78 is 5.42. The number of pyridine rings is 1. The predicted octanol–water partition coefficient (Wildman–Crippen LogP) is 2.82. The molecule has 132 valence electrons. The number of nitrogens with zero attached hydrogens (tertiary/aromatic N) is 2. The standard InChI is InChI=1S/C20H25N3O2/c1-16-2-3-19(25-16)4-5-20(24)22-18-9-14-23(15-10-18)13-8-17-6-11-21-12-7-17/h2-7,11-12,18H,8-10,13-15H2,1H3,(H,22,24). The van der Waals surface area contributed by atoms with E-state index in [0.29, 0.717) is 5.76 Å². The molecule has 3 rings (SSSR count). The molecule has 0 radical (unpaired) electrons. The Morgan fingerprint density at radius 2 is 2.04 bits per heavy atom. The second-order valence-corrected chi connectivity index (χ2v) is 6.51. The number of amides is 1. The van der Waals surface area contributed by atoms with Gasteiger partial charge in [0.1, 0.15) is 11.5 Å². The lowest BCUT2D eigenvalue weighted by molar-refractivity contribution is -0.117. The van der Waals surface area contributed by atoms with Gasteiger partial charge in [0.05, 0.1) is 0 Å². The lowest BCUT2D eigenvalue weighted by Crippen LogP contribution is -2.44. The molecule has 1 aliphatic rings. The summed E-state index contributed by atoms with van der Waals surface area (Å²) in [5.41, 5.74) is 1.32. The number of likely N-dealkylation sites (tertiary alicyclic amines) is 1. The summed E-state index contributed by atoms with van der Waals surface area (Å²) in [6, 6.07) is 8.15. The molecule has 25 heavy (non-hydrogen) atoms. The maximum Gasteiger partial charge on any atom is 0.244 e. The van der Waals surface area contributed by atoms with E-state index < -0.39 is 0 Å². The van der Waals surface area contributed by atoms with Gasteiger partial charge >= 0.3 is 0 Å². The largest absolute Gasteiger partial charge is 0.462 e. The van der Waals surface area contributed by atoms with Gasteiger partial charge in [-0.15, -0.1) is 0 Å². The molecule has 1 amide bonds. The highest BCUT2D eigenvalue weighted by Gasteiger charge is 2.19. The molecule has 0 saturated carbocycles. The molecular formula is C20H25N3O2. The first-order valence-electron chi connectivity index (χ1n) is 8.85. The number of aryl methyl sites for hydroxylation is 1. The van der Waals surface area contributed by atoms with E-state index >= 15 is 0 Å². The number of carbonyl (C=O) groups is 1. The number of furan rings is 1. The van der Waals surface area contributed by atoms with Crippen LogP contribution in [-0.4, -0.2) is 41.5 Å². The number of carbonyl (C=O) groups excluding carboxylic acids is 1. The Kier molecular flexibility index (Phi) is 6.01. The molecule has 0 unspecified atom stereocenters. The maximum absolute atomic E-state index is 12.0. The van der Waals surface area contributed by atoms with Gasteiger partial charge in [-0.2, -0.15) is 0 Å². The van der Waals surface area contributed by atoms with Gasteiger partial charge in [-0.25, -0.2) is 0 Å². The number of nitrogens with one attached hydrogen (secondary N) is 1. The lowest BCUT2D eigenvalue weighted by Gasteiger charge is -2.32. The van der Waals surface area contributed by atoms with Crippen molar-refractivity contribution in [2.24, 2.45) is 0 Å². The van der Waals surface area contributed by atoms with Crippen molar-refractivity contribution < 1.29 is 9.21 Å². The number of hydrogen-bond donors (Lipinski definition) is 1. The Bertz CT molecular complexity index is 701. The van der Waals surface area contributed by atoms with E-state index in [9.17, 15) is 4.79 Å². The molecule has 0 bridgehead atoms. The van der Waals surface area contributed by atoms with Gasteiger partial charge in [-0.3, -0.25) is 9.78 Å². The number of hydrogen-bond acceptors (Lipinski definition) is 4. The Morgan fingerprint density at radius 1 is 1.28 bits per heavy atom. The molecule has 1 fully saturated rings. The summed E-state index contributed by atoms with van der Waals surface area (Å²) >= 11 is 0. The van der Waals surface area contributed by atoms with Gasteiger partial charge in [0, 0.05) is 44.1 Å². The molecule has 0 spiro atoms. The van der Waals surface area contributed by atoms with Crippen LogP contribution in [0.15, 0.2) is 47.2 Å². The molecule has 3 heterocycles. The quantitative estimate of drug-likeness (QED) is 0.822. The minimum absolute atomic E-state index is 0.0516. The van der Waals surface area contributed by atoms with Crippen molar-refractivity contribution in [3.05, 3.63) is 59.8 Å². The zero-order chi connectivity index (χ0) is 17.5. The summed E-state index contributed by atoms with van der Waals surface area (Å²) in [4.78, 5) is 18.5. The first-order chi connectivity index (χ1) is 12.2. The number of rotatable bonds is 6. The minimum Gasteiger partial charge on any atom is -0.462 e. The molecule has 1 N–H and O–H groups in total. The first-order valence-corrected chi connectivity index (χ1v) is 8.85. The van der Waals surface area contributed by atoms with Crippen molar-refractivity contribution >= 4 is 12.0 Å². The van der Waals surface area contributed by atoms with E-state index in [1.165, 1.54) is 5.56 Å². The van der Waals surface area contributed by atoms with Crippen molar-refractivity contribution in [1.82, 2.24) is 15.2 Å². The van der Waals surface area contributed by atoms with Gasteiger partial charge in [0.25, 0.3) is 0 Å². The molecule has 5 heteroatoms. The van der Waals surface area contributed by atoms with Gasteiger partial charge < -0.3 is 14.6 Å². The Morgan fingerprint density at radius 3 is 2.72 bits per heavy atom. The molecule has 1 aliphatic heterocycles. The Hall–Kier alpha value is -2.40. The van der Waals surface area contributed by atoms with Crippen LogP contribution in [-0.2, 0) is 11.2 Å². The molecule has 0 aromatic carbocycles. The van der Waals surface area contributed by atoms with Crippen LogP contribution in [0.1, 0.15) is 29.9 Å². The normalized spacial score (nSPS) is 16.4. The topological polar surface area (TPSA) is 58.4 Å². The van der Waals surface area contributed by atoms with Crippen LogP contribution in [0.25, 0.3) is 6.08 Å². The fourth-order valence-corrected chi connectivity index (χ4v) is 3.09. The van der Waals surface area contributed by atoms with Crippen molar-refractivity contribution in [3.63, 3.8) is 0 Å². The molecule has 0 atom stereocenters. The van der Waals surface area contributed by atoms with Crippen molar-refractivity contribution in [2.45, 2.75) is 32.2 Å². The van der Waals surface area contributed by atoms with Crippen LogP contribution in [0.2, 0.25) is 0 Å². The van der Waals surface area contributed by atoms with Gasteiger partial charge in [0.2, 0.25) is 5.91 Å². The summed E-state index contributed by atoms with van der Waals surface area (Å²) in [6.07, 6.45) is 9.99. The average Bonchev–Trinajstić information content (AvgIpc) is 3.06. The third-order valence-corrected chi connectivity index (χ3v) is 4.56. The van der Waals surface area contributed by atoms with Crippen LogP contribution in [0.5, 0.6) is 0 Å². The third kappa shape index (κ3) is 5.57. The van der Waals surface area contributed by atoms with Crippen LogP contribution in [0.3, 0.4) is 0 Å². The SMILES string of the molecule is Cc1ccc(C=CC(=O)NC2CCN(CCc3ccncc3)CC2)o1. The van der Waals surface area contributed by atoms with E-state index in [-0.39, 0.29) is 11.9 Å². The van der Waals surface area contributed by atoms with E-state index in [1.54, 1.807) is 12.2 Å². The Balaban J connectivity index is 1.37. The molecule has 2 aromatic heterocycles. The number of piperidine rings is 1. The highest BCUT2D eigenvalue weighted by molar-refractivity contribution is 5.91. The van der Waals surface area contributed by atoms with Crippen molar-refractivity contribution in [3.8, 4) is 0 Å². The summed E-state index contributed by atoms with van der Waals surface area (Å²) in [5.74, 6) is 1.50. The zero-order valence-electron chi connectivity index (χ0n) is 14.6. The summed E-state index contributed by atoms with van der Waals surface area (Å²) in [6.45, 7) is 5.00. The van der Waals surface area contributed by atoms with Crippen LogP contribution in [0.4, 0.5) is 0 Å². The molecule has 5 nitrogen and oxygen atoms in total. The van der Waals surface area contributed by atoms with Crippen LogP contribution < -0.4 is 5.32 Å². The fourth-order valence-electron chi connectivity index (χ4n) is 3.09. The average molecular weight is 339 g/mol. The lowest BCUT2D eigenvalue weighted by atomic mass is 10.0. The van der Waals surface area contributed by atoms with E-state index in [0.717, 1.165) is 44.7 Å². The van der Waals surface area contributed by atoms with E-state index in [4.69, 9.17) is 4.42 Å². The number of aromatic nitrogens is 1. The van der Waals surface area contributed by atoms with Gasteiger partial charge in [0.15, 0.2) is 0 Å². The summed E-state index contributed by atoms with van der Waals surface area (Å²) in [7, 11) is 0. The Labute approximate surface area is 148 Å². The van der Waals surface area contributed by atoms with Gasteiger partial charge in [-0.1, -0.05) is 0 Å². The van der Waals surface area contributed by atoms with Gasteiger partial charge in [-0.05, 0) is 62.1 Å².